The maximum atomic E-state index is 12.5. The fourth-order valence-corrected chi connectivity index (χ4v) is 3.20. The quantitative estimate of drug-likeness (QED) is 0.929. The summed E-state index contributed by atoms with van der Waals surface area (Å²) in [4.78, 5) is 23.3. The van der Waals surface area contributed by atoms with Crippen LogP contribution in [0.1, 0.15) is 18.4 Å². The molecule has 0 unspecified atom stereocenters. The lowest BCUT2D eigenvalue weighted by Gasteiger charge is -2.32. The van der Waals surface area contributed by atoms with Crippen molar-refractivity contribution < 1.29 is 9.53 Å². The third kappa shape index (κ3) is 3.47. The summed E-state index contributed by atoms with van der Waals surface area (Å²) in [6.45, 7) is 2.00. The Kier molecular flexibility index (Phi) is 4.33. The second-order valence-electron chi connectivity index (χ2n) is 6.28. The van der Waals surface area contributed by atoms with Crippen LogP contribution < -0.4 is 15.0 Å². The lowest BCUT2D eigenvalue weighted by Crippen LogP contribution is -2.46. The first-order valence-corrected chi connectivity index (χ1v) is 8.55. The Balaban J connectivity index is 1.35. The number of hydrogen-bond acceptors (Lipinski definition) is 5. The van der Waals surface area contributed by atoms with Crippen molar-refractivity contribution in [1.29, 1.82) is 0 Å². The Morgan fingerprint density at radius 1 is 1.12 bits per heavy atom. The number of ether oxygens (including phenoxy) is 1. The molecule has 6 heteroatoms. The van der Waals surface area contributed by atoms with E-state index in [0.717, 1.165) is 43.2 Å². The van der Waals surface area contributed by atoms with Gasteiger partial charge in [0, 0.05) is 37.1 Å². The van der Waals surface area contributed by atoms with Gasteiger partial charge in [-0.15, -0.1) is 0 Å². The van der Waals surface area contributed by atoms with E-state index in [1.807, 2.05) is 36.4 Å². The molecule has 2 aliphatic rings. The highest BCUT2D eigenvalue weighted by Crippen LogP contribution is 2.26. The summed E-state index contributed by atoms with van der Waals surface area (Å²) in [6, 6.07) is 9.74. The number of para-hydroxylation sites is 1. The number of carbonyl (C=O) groups excluding carboxylic acids is 1. The van der Waals surface area contributed by atoms with Crippen LogP contribution in [0.2, 0.25) is 0 Å². The monoisotopic (exact) mass is 336 g/mol. The summed E-state index contributed by atoms with van der Waals surface area (Å²) in [6.07, 6.45) is 7.19. The van der Waals surface area contributed by atoms with Crippen molar-refractivity contribution in [3.8, 4) is 5.75 Å². The molecule has 6 nitrogen and oxygen atoms in total. The molecule has 1 N–H and O–H groups in total. The number of rotatable bonds is 3. The van der Waals surface area contributed by atoms with Gasteiger partial charge < -0.3 is 15.0 Å². The van der Waals surface area contributed by atoms with Crippen molar-refractivity contribution in [3.63, 3.8) is 0 Å². The first-order valence-electron chi connectivity index (χ1n) is 8.55. The lowest BCUT2D eigenvalue weighted by molar-refractivity contribution is -0.118. The van der Waals surface area contributed by atoms with Crippen LogP contribution in [0.4, 0.5) is 5.95 Å². The molecule has 1 fully saturated rings. The highest BCUT2D eigenvalue weighted by molar-refractivity contribution is 5.99. The standard InChI is InChI=1S/C19H20N4O2/c24-18(15-12-14-4-1-2-5-17(14)25-13-15)22-16-6-10-23(11-7-16)19-20-8-3-9-21-19/h1-5,8-9,12,16H,6-7,10-11,13H2,(H,22,24). The van der Waals surface area contributed by atoms with Crippen LogP contribution >= 0.6 is 0 Å². The number of hydrogen-bond donors (Lipinski definition) is 1. The van der Waals surface area contributed by atoms with E-state index in [4.69, 9.17) is 4.74 Å². The number of fused-ring (bicyclic) bond motifs is 1. The van der Waals surface area contributed by atoms with Gasteiger partial charge in [-0.05, 0) is 31.1 Å². The van der Waals surface area contributed by atoms with E-state index in [1.54, 1.807) is 12.4 Å². The molecule has 1 saturated heterocycles. The van der Waals surface area contributed by atoms with Gasteiger partial charge in [-0.25, -0.2) is 9.97 Å². The normalized spacial score (nSPS) is 17.3. The van der Waals surface area contributed by atoms with E-state index in [-0.39, 0.29) is 11.9 Å². The maximum Gasteiger partial charge on any atom is 0.250 e. The van der Waals surface area contributed by atoms with Crippen LogP contribution in [0.5, 0.6) is 5.75 Å². The minimum absolute atomic E-state index is 0.0380. The van der Waals surface area contributed by atoms with Crippen molar-refractivity contribution in [2.24, 2.45) is 0 Å². The minimum Gasteiger partial charge on any atom is -0.488 e. The van der Waals surface area contributed by atoms with Crippen LogP contribution in [-0.4, -0.2) is 41.6 Å². The van der Waals surface area contributed by atoms with Gasteiger partial charge in [-0.3, -0.25) is 4.79 Å². The Labute approximate surface area is 146 Å². The number of amides is 1. The molecule has 0 radical (unpaired) electrons. The molecule has 0 spiro atoms. The second kappa shape index (κ2) is 6.93. The van der Waals surface area contributed by atoms with Crippen LogP contribution in [0, 0.1) is 0 Å². The summed E-state index contributed by atoms with van der Waals surface area (Å²) >= 11 is 0. The van der Waals surface area contributed by atoms with Crippen LogP contribution in [-0.2, 0) is 4.79 Å². The number of nitrogens with zero attached hydrogens (tertiary/aromatic N) is 3. The molecule has 4 rings (SSSR count). The van der Waals surface area contributed by atoms with Crippen molar-refractivity contribution in [3.05, 3.63) is 53.9 Å². The molecule has 0 bridgehead atoms. The molecule has 25 heavy (non-hydrogen) atoms. The third-order valence-electron chi connectivity index (χ3n) is 4.59. The van der Waals surface area contributed by atoms with E-state index in [2.05, 4.69) is 20.2 Å². The number of aromatic nitrogens is 2. The number of piperidine rings is 1. The van der Waals surface area contributed by atoms with E-state index >= 15 is 0 Å². The predicted molar refractivity (Wildman–Crippen MR) is 95.3 cm³/mol. The Morgan fingerprint density at radius 3 is 2.68 bits per heavy atom. The molecule has 1 aromatic heterocycles. The molecular formula is C19H20N4O2. The summed E-state index contributed by atoms with van der Waals surface area (Å²) in [5, 5.41) is 3.14. The Hall–Kier alpha value is -2.89. The topological polar surface area (TPSA) is 67.4 Å². The third-order valence-corrected chi connectivity index (χ3v) is 4.59. The first kappa shape index (κ1) is 15.6. The van der Waals surface area contributed by atoms with Gasteiger partial charge in [-0.2, -0.15) is 0 Å². The number of benzene rings is 1. The lowest BCUT2D eigenvalue weighted by atomic mass is 10.0. The van der Waals surface area contributed by atoms with Gasteiger partial charge in [-0.1, -0.05) is 18.2 Å². The average Bonchev–Trinajstić information content (AvgIpc) is 2.69. The SMILES string of the molecule is O=C(NC1CCN(c2ncccn2)CC1)C1=Cc2ccccc2OC1. The van der Waals surface area contributed by atoms with E-state index in [9.17, 15) is 4.79 Å². The summed E-state index contributed by atoms with van der Waals surface area (Å²) in [5.41, 5.74) is 1.63. The van der Waals surface area contributed by atoms with E-state index in [0.29, 0.717) is 12.2 Å². The van der Waals surface area contributed by atoms with Gasteiger partial charge in [0.05, 0.1) is 5.57 Å². The zero-order valence-electron chi connectivity index (χ0n) is 13.9. The second-order valence-corrected chi connectivity index (χ2v) is 6.28. The highest BCUT2D eigenvalue weighted by Gasteiger charge is 2.24. The van der Waals surface area contributed by atoms with Crippen molar-refractivity contribution in [2.75, 3.05) is 24.6 Å². The van der Waals surface area contributed by atoms with Crippen LogP contribution in [0.3, 0.4) is 0 Å². The Bertz CT molecular complexity index is 783. The molecule has 1 amide bonds. The van der Waals surface area contributed by atoms with Gasteiger partial charge in [0.2, 0.25) is 5.95 Å². The summed E-state index contributed by atoms with van der Waals surface area (Å²) < 4.78 is 5.67. The van der Waals surface area contributed by atoms with Crippen LogP contribution in [0.15, 0.2) is 48.3 Å². The molecule has 0 aliphatic carbocycles. The molecular weight excluding hydrogens is 316 g/mol. The number of carbonyl (C=O) groups is 1. The number of nitrogens with one attached hydrogen (secondary N) is 1. The smallest absolute Gasteiger partial charge is 0.250 e. The first-order chi connectivity index (χ1) is 12.3. The maximum absolute atomic E-state index is 12.5. The highest BCUT2D eigenvalue weighted by atomic mass is 16.5. The number of anilines is 1. The molecule has 3 heterocycles. The van der Waals surface area contributed by atoms with Gasteiger partial charge in [0.15, 0.2) is 0 Å². The molecule has 2 aliphatic heterocycles. The molecule has 1 aromatic carbocycles. The van der Waals surface area contributed by atoms with Crippen molar-refractivity contribution >= 4 is 17.9 Å². The van der Waals surface area contributed by atoms with Gasteiger partial charge in [0.1, 0.15) is 12.4 Å². The molecule has 0 atom stereocenters. The van der Waals surface area contributed by atoms with Crippen molar-refractivity contribution in [2.45, 2.75) is 18.9 Å². The zero-order chi connectivity index (χ0) is 17.1. The summed E-state index contributed by atoms with van der Waals surface area (Å²) in [7, 11) is 0. The van der Waals surface area contributed by atoms with Gasteiger partial charge >= 0.3 is 0 Å². The fourth-order valence-electron chi connectivity index (χ4n) is 3.20. The summed E-state index contributed by atoms with van der Waals surface area (Å²) in [5.74, 6) is 1.55. The largest absolute Gasteiger partial charge is 0.488 e. The predicted octanol–water partition coefficient (Wildman–Crippen LogP) is 2.04. The fraction of sp³-hybridized carbons (Fsp3) is 0.316. The molecule has 128 valence electrons. The molecule has 0 saturated carbocycles. The zero-order valence-corrected chi connectivity index (χ0v) is 13.9. The van der Waals surface area contributed by atoms with E-state index < -0.39 is 0 Å². The van der Waals surface area contributed by atoms with E-state index in [1.165, 1.54) is 0 Å². The van der Waals surface area contributed by atoms with Crippen molar-refractivity contribution in [1.82, 2.24) is 15.3 Å². The average molecular weight is 336 g/mol. The van der Waals surface area contributed by atoms with Crippen LogP contribution in [0.25, 0.3) is 6.08 Å². The van der Waals surface area contributed by atoms with Gasteiger partial charge in [0.25, 0.3) is 5.91 Å². The minimum atomic E-state index is -0.0380. The molecule has 2 aromatic rings. The Morgan fingerprint density at radius 2 is 1.88 bits per heavy atom.